The second-order valence-electron chi connectivity index (χ2n) is 14.4. The average molecular weight is 727 g/mol. The summed E-state index contributed by atoms with van der Waals surface area (Å²) < 4.78 is 30.3. The summed E-state index contributed by atoms with van der Waals surface area (Å²) in [5.41, 5.74) is 11.4. The zero-order chi connectivity index (χ0) is 36.7. The Morgan fingerprint density at radius 1 is 0.679 bits per heavy atom. The summed E-state index contributed by atoms with van der Waals surface area (Å²) in [6, 6.07) is 9.79. The van der Waals surface area contributed by atoms with Crippen molar-refractivity contribution in [2.45, 2.75) is 83.1 Å². The minimum absolute atomic E-state index is 0.118. The highest BCUT2D eigenvalue weighted by atomic mass is 19.1. The highest BCUT2D eigenvalue weighted by Crippen LogP contribution is 2.18. The van der Waals surface area contributed by atoms with Gasteiger partial charge in [0.05, 0.1) is 57.7 Å². The Morgan fingerprint density at radius 3 is 1.77 bits per heavy atom. The molecular weight excluding hydrogens is 678 g/mol. The number of nitrogens with zero attached hydrogens (tertiary/aromatic N) is 8. The molecule has 3 N–H and O–H groups in total. The maximum absolute atomic E-state index is 13.7. The van der Waals surface area contributed by atoms with Crippen LogP contribution in [-0.4, -0.2) is 90.2 Å². The van der Waals surface area contributed by atoms with Crippen LogP contribution in [0.1, 0.15) is 55.6 Å². The first kappa shape index (κ1) is 36.8. The SMILES string of the molecule is NC1CCN(CCn2c(=O)ccc3ncc(F)cc32)CC1.O=c1ccc2ncc(F)cc2n1CCN1CCC(NCc2cnc3c(n2)CCCC3)CC1. The first-order valence-corrected chi connectivity index (χ1v) is 18.9. The number of rotatable bonds is 9. The highest BCUT2D eigenvalue weighted by molar-refractivity contribution is 5.74. The Hall–Kier alpha value is -4.50. The van der Waals surface area contributed by atoms with Crippen LogP contribution < -0.4 is 22.2 Å². The van der Waals surface area contributed by atoms with Crippen molar-refractivity contribution in [3.63, 3.8) is 0 Å². The van der Waals surface area contributed by atoms with E-state index in [0.29, 0.717) is 47.2 Å². The minimum atomic E-state index is -0.425. The zero-order valence-corrected chi connectivity index (χ0v) is 30.1. The number of hydrogen-bond donors (Lipinski definition) is 2. The van der Waals surface area contributed by atoms with Gasteiger partial charge in [0.1, 0.15) is 11.6 Å². The van der Waals surface area contributed by atoms with Crippen molar-refractivity contribution in [2.24, 2.45) is 5.73 Å². The van der Waals surface area contributed by atoms with Gasteiger partial charge in [-0.05, 0) is 89.7 Å². The monoisotopic (exact) mass is 726 g/mol. The lowest BCUT2D eigenvalue weighted by molar-refractivity contribution is 0.191. The Balaban J connectivity index is 0.000000179. The van der Waals surface area contributed by atoms with Crippen LogP contribution >= 0.6 is 0 Å². The number of nitrogens with one attached hydrogen (secondary N) is 1. The molecule has 3 aliphatic rings. The number of piperidine rings is 2. The average Bonchev–Trinajstić information content (AvgIpc) is 3.17. The maximum Gasteiger partial charge on any atom is 0.251 e. The fraction of sp³-hybridized carbons (Fsp3) is 0.487. The van der Waals surface area contributed by atoms with Gasteiger partial charge in [0, 0.05) is 69.1 Å². The van der Waals surface area contributed by atoms with Crippen LogP contribution in [0.4, 0.5) is 8.78 Å². The number of nitrogens with two attached hydrogens (primary N) is 1. The van der Waals surface area contributed by atoms with Gasteiger partial charge in [0.15, 0.2) is 0 Å². The first-order valence-electron chi connectivity index (χ1n) is 18.9. The van der Waals surface area contributed by atoms with E-state index in [9.17, 15) is 18.4 Å². The van der Waals surface area contributed by atoms with Crippen molar-refractivity contribution in [1.29, 1.82) is 0 Å². The molecule has 0 bridgehead atoms. The van der Waals surface area contributed by atoms with E-state index < -0.39 is 11.6 Å². The molecule has 12 nitrogen and oxygen atoms in total. The van der Waals surface area contributed by atoms with Crippen LogP contribution in [0.25, 0.3) is 22.1 Å². The van der Waals surface area contributed by atoms with Crippen molar-refractivity contribution in [3.05, 3.63) is 104 Å². The molecule has 14 heteroatoms. The Kier molecular flexibility index (Phi) is 11.9. The number of aryl methyl sites for hydroxylation is 2. The Morgan fingerprint density at radius 2 is 1.21 bits per heavy atom. The molecule has 0 saturated carbocycles. The maximum atomic E-state index is 13.7. The van der Waals surface area contributed by atoms with Gasteiger partial charge < -0.3 is 30.0 Å². The third-order valence-electron chi connectivity index (χ3n) is 10.7. The molecule has 0 unspecified atom stereocenters. The third kappa shape index (κ3) is 9.36. The smallest absolute Gasteiger partial charge is 0.251 e. The molecule has 0 aromatic carbocycles. The molecule has 8 rings (SSSR count). The summed E-state index contributed by atoms with van der Waals surface area (Å²) in [4.78, 5) is 46.6. The van der Waals surface area contributed by atoms with Crippen molar-refractivity contribution < 1.29 is 8.78 Å². The molecule has 1 aliphatic carbocycles. The Labute approximate surface area is 307 Å². The molecule has 0 amide bonds. The zero-order valence-electron chi connectivity index (χ0n) is 30.1. The van der Waals surface area contributed by atoms with E-state index >= 15 is 0 Å². The fourth-order valence-corrected chi connectivity index (χ4v) is 7.59. The standard InChI is InChI=1S/C24H29FN6O.C15H19FN4O/c25-17-13-23-22(27-14-17)5-6-24(32)31(23)12-11-30-9-7-18(8-10-30)26-15-19-16-28-20-3-1-2-4-21(20)29-19;16-11-9-14-13(18-10-11)1-2-15(21)20(14)8-7-19-5-3-12(17)4-6-19/h5-6,13-14,16,18,26H,1-4,7-12,15H2;1-2,9-10,12H,3-8,17H2. The van der Waals surface area contributed by atoms with E-state index in [1.54, 1.807) is 21.3 Å². The first-order chi connectivity index (χ1) is 25.8. The van der Waals surface area contributed by atoms with Crippen molar-refractivity contribution in [1.82, 2.24) is 44.2 Å². The lowest BCUT2D eigenvalue weighted by Crippen LogP contribution is -2.43. The Bertz CT molecular complexity index is 2140. The van der Waals surface area contributed by atoms with E-state index in [1.165, 1.54) is 60.9 Å². The van der Waals surface area contributed by atoms with Gasteiger partial charge in [-0.1, -0.05) is 0 Å². The van der Waals surface area contributed by atoms with E-state index in [2.05, 4.69) is 30.1 Å². The second-order valence-corrected chi connectivity index (χ2v) is 14.4. The van der Waals surface area contributed by atoms with Gasteiger partial charge in [-0.25, -0.2) is 8.78 Å². The lowest BCUT2D eigenvalue weighted by Gasteiger charge is -2.32. The molecule has 5 aromatic rings. The molecule has 0 spiro atoms. The molecule has 7 heterocycles. The van der Waals surface area contributed by atoms with E-state index in [4.69, 9.17) is 10.7 Å². The van der Waals surface area contributed by atoms with Crippen LogP contribution in [0.15, 0.2) is 64.6 Å². The number of aromatic nitrogens is 6. The van der Waals surface area contributed by atoms with Gasteiger partial charge >= 0.3 is 0 Å². The quantitative estimate of drug-likeness (QED) is 0.232. The molecular formula is C39H48F2N10O2. The summed E-state index contributed by atoms with van der Waals surface area (Å²) in [6.45, 7) is 7.20. The largest absolute Gasteiger partial charge is 0.328 e. The summed E-state index contributed by atoms with van der Waals surface area (Å²) in [5.74, 6) is -0.849. The van der Waals surface area contributed by atoms with Crippen LogP contribution in [0.2, 0.25) is 0 Å². The van der Waals surface area contributed by atoms with Gasteiger partial charge in [0.2, 0.25) is 0 Å². The molecule has 5 aromatic heterocycles. The molecule has 0 atom stereocenters. The number of fused-ring (bicyclic) bond motifs is 3. The third-order valence-corrected chi connectivity index (χ3v) is 10.7. The number of likely N-dealkylation sites (tertiary alicyclic amines) is 2. The lowest BCUT2D eigenvalue weighted by atomic mass is 10.0. The molecule has 2 saturated heterocycles. The van der Waals surface area contributed by atoms with Crippen LogP contribution in [0.5, 0.6) is 0 Å². The molecule has 2 fully saturated rings. The summed E-state index contributed by atoms with van der Waals surface area (Å²) >= 11 is 0. The summed E-state index contributed by atoms with van der Waals surface area (Å²) in [5, 5.41) is 3.64. The molecule has 53 heavy (non-hydrogen) atoms. The fourth-order valence-electron chi connectivity index (χ4n) is 7.59. The van der Waals surface area contributed by atoms with Gasteiger partial charge in [-0.3, -0.25) is 29.5 Å². The summed E-state index contributed by atoms with van der Waals surface area (Å²) in [6.07, 6.45) is 12.9. The number of pyridine rings is 4. The molecule has 280 valence electrons. The summed E-state index contributed by atoms with van der Waals surface area (Å²) in [7, 11) is 0. The molecule has 0 radical (unpaired) electrons. The molecule has 2 aliphatic heterocycles. The van der Waals surface area contributed by atoms with E-state index in [0.717, 1.165) is 90.0 Å². The van der Waals surface area contributed by atoms with Crippen LogP contribution in [-0.2, 0) is 32.5 Å². The highest BCUT2D eigenvalue weighted by Gasteiger charge is 2.20. The minimum Gasteiger partial charge on any atom is -0.328 e. The predicted molar refractivity (Wildman–Crippen MR) is 201 cm³/mol. The normalized spacial score (nSPS) is 17.5. The van der Waals surface area contributed by atoms with Crippen molar-refractivity contribution in [2.75, 3.05) is 39.3 Å². The van der Waals surface area contributed by atoms with Gasteiger partial charge in [-0.15, -0.1) is 0 Å². The number of halogens is 2. The van der Waals surface area contributed by atoms with Gasteiger partial charge in [-0.2, -0.15) is 0 Å². The predicted octanol–water partition coefficient (Wildman–Crippen LogP) is 3.42. The second kappa shape index (κ2) is 17.1. The van der Waals surface area contributed by atoms with Crippen molar-refractivity contribution >= 4 is 22.1 Å². The topological polar surface area (TPSA) is 140 Å². The van der Waals surface area contributed by atoms with E-state index in [1.807, 2.05) is 6.20 Å². The van der Waals surface area contributed by atoms with E-state index in [-0.39, 0.29) is 11.1 Å². The van der Waals surface area contributed by atoms with Crippen molar-refractivity contribution in [3.8, 4) is 0 Å². The van der Waals surface area contributed by atoms with Gasteiger partial charge in [0.25, 0.3) is 11.1 Å². The van der Waals surface area contributed by atoms with Crippen LogP contribution in [0, 0.1) is 11.6 Å². The van der Waals surface area contributed by atoms with Crippen LogP contribution in [0.3, 0.4) is 0 Å². The number of hydrogen-bond acceptors (Lipinski definition) is 10.